The summed E-state index contributed by atoms with van der Waals surface area (Å²) in [6, 6.07) is 1.72. The van der Waals surface area contributed by atoms with Gasteiger partial charge in [0.15, 0.2) is 0 Å². The Morgan fingerprint density at radius 3 is 2.76 bits per heavy atom. The molecule has 0 aliphatic heterocycles. The summed E-state index contributed by atoms with van der Waals surface area (Å²) in [5, 5.41) is 13.6. The van der Waals surface area contributed by atoms with E-state index in [-0.39, 0.29) is 6.10 Å². The van der Waals surface area contributed by atoms with E-state index in [1.165, 1.54) is 0 Å². The lowest BCUT2D eigenvalue weighted by Crippen LogP contribution is -2.12. The molecule has 0 amide bonds. The van der Waals surface area contributed by atoms with Gasteiger partial charge in [-0.1, -0.05) is 5.16 Å². The van der Waals surface area contributed by atoms with Crippen molar-refractivity contribution in [2.45, 2.75) is 25.4 Å². The Morgan fingerprint density at radius 1 is 1.29 bits per heavy atom. The number of hydrogen-bond acceptors (Lipinski definition) is 6. The van der Waals surface area contributed by atoms with Crippen molar-refractivity contribution in [3.05, 3.63) is 24.4 Å². The first-order valence-corrected chi connectivity index (χ1v) is 5.61. The second-order valence-electron chi connectivity index (χ2n) is 4.19. The zero-order valence-electron chi connectivity index (χ0n) is 9.15. The Labute approximate surface area is 97.7 Å². The lowest BCUT2D eigenvalue weighted by Gasteiger charge is -2.03. The summed E-state index contributed by atoms with van der Waals surface area (Å²) in [6.45, 7) is 0. The van der Waals surface area contributed by atoms with Crippen LogP contribution >= 0.6 is 0 Å². The van der Waals surface area contributed by atoms with Crippen LogP contribution in [0.3, 0.4) is 0 Å². The number of nitrogens with zero attached hydrogens (tertiary/aromatic N) is 4. The van der Waals surface area contributed by atoms with Crippen molar-refractivity contribution in [2.75, 3.05) is 0 Å². The molecule has 1 unspecified atom stereocenters. The van der Waals surface area contributed by atoms with E-state index in [0.717, 1.165) is 12.8 Å². The summed E-state index contributed by atoms with van der Waals surface area (Å²) >= 11 is 0. The van der Waals surface area contributed by atoms with Gasteiger partial charge in [0.25, 0.3) is 0 Å². The zero-order valence-corrected chi connectivity index (χ0v) is 9.15. The molecule has 1 saturated carbocycles. The predicted molar refractivity (Wildman–Crippen MR) is 57.8 cm³/mol. The standard InChI is InChI=1S/C11H12N4O2/c16-8(7-2-3-7)6-9-14-11(15-17-9)10-12-4-1-5-13-10/h1,4-5,7-8,16H,2-3,6H2. The lowest BCUT2D eigenvalue weighted by atomic mass is 10.2. The molecular formula is C11H12N4O2. The SMILES string of the molecule is OC(Cc1nc(-c2ncccn2)no1)C1CC1. The normalized spacial score (nSPS) is 17.0. The Hall–Kier alpha value is -1.82. The van der Waals surface area contributed by atoms with Crippen molar-refractivity contribution >= 4 is 0 Å². The molecule has 1 atom stereocenters. The largest absolute Gasteiger partial charge is 0.392 e. The molecule has 6 nitrogen and oxygen atoms in total. The molecule has 1 fully saturated rings. The number of aliphatic hydroxyl groups excluding tert-OH is 1. The first kappa shape index (κ1) is 10.3. The molecule has 1 aliphatic rings. The van der Waals surface area contributed by atoms with Crippen molar-refractivity contribution in [3.8, 4) is 11.6 Å². The Kier molecular flexibility index (Phi) is 2.56. The minimum atomic E-state index is -0.375. The van der Waals surface area contributed by atoms with Gasteiger partial charge >= 0.3 is 0 Å². The van der Waals surface area contributed by atoms with E-state index < -0.39 is 0 Å². The molecule has 88 valence electrons. The third-order valence-corrected chi connectivity index (χ3v) is 2.78. The van der Waals surface area contributed by atoms with Crippen molar-refractivity contribution in [3.63, 3.8) is 0 Å². The average molecular weight is 232 g/mol. The van der Waals surface area contributed by atoms with E-state index in [4.69, 9.17) is 4.52 Å². The predicted octanol–water partition coefficient (Wildman–Crippen LogP) is 0.840. The Balaban J connectivity index is 1.74. The molecule has 1 aliphatic carbocycles. The smallest absolute Gasteiger partial charge is 0.240 e. The molecule has 2 aromatic heterocycles. The molecule has 0 aromatic carbocycles. The van der Waals surface area contributed by atoms with Crippen molar-refractivity contribution in [1.82, 2.24) is 20.1 Å². The number of rotatable bonds is 4. The van der Waals surface area contributed by atoms with Crippen LogP contribution in [0.5, 0.6) is 0 Å². The van der Waals surface area contributed by atoms with Crippen LogP contribution in [0.4, 0.5) is 0 Å². The van der Waals surface area contributed by atoms with Gasteiger partial charge in [0.2, 0.25) is 17.5 Å². The summed E-state index contributed by atoms with van der Waals surface area (Å²) in [4.78, 5) is 12.2. The Bertz CT molecular complexity index is 495. The van der Waals surface area contributed by atoms with Crippen LogP contribution in [0.25, 0.3) is 11.6 Å². The summed E-state index contributed by atoms with van der Waals surface area (Å²) in [5.74, 6) is 1.64. The number of hydrogen-bond donors (Lipinski definition) is 1. The highest BCUT2D eigenvalue weighted by Gasteiger charge is 2.31. The van der Waals surface area contributed by atoms with E-state index in [1.807, 2.05) is 0 Å². The summed E-state index contributed by atoms with van der Waals surface area (Å²) in [6.07, 6.45) is 5.45. The highest BCUT2D eigenvalue weighted by Crippen LogP contribution is 2.33. The van der Waals surface area contributed by atoms with E-state index in [0.29, 0.717) is 29.9 Å². The number of aromatic nitrogens is 4. The first-order valence-electron chi connectivity index (χ1n) is 5.61. The summed E-state index contributed by atoms with van der Waals surface area (Å²) < 4.78 is 5.07. The van der Waals surface area contributed by atoms with E-state index in [2.05, 4.69) is 20.1 Å². The third-order valence-electron chi connectivity index (χ3n) is 2.78. The Morgan fingerprint density at radius 2 is 2.06 bits per heavy atom. The molecule has 0 radical (unpaired) electrons. The molecule has 17 heavy (non-hydrogen) atoms. The number of aliphatic hydroxyl groups is 1. The molecular weight excluding hydrogens is 220 g/mol. The fourth-order valence-electron chi connectivity index (χ4n) is 1.67. The maximum absolute atomic E-state index is 9.76. The van der Waals surface area contributed by atoms with Crippen LogP contribution in [-0.2, 0) is 6.42 Å². The van der Waals surface area contributed by atoms with Crippen LogP contribution in [0.1, 0.15) is 18.7 Å². The topological polar surface area (TPSA) is 84.9 Å². The highest BCUT2D eigenvalue weighted by atomic mass is 16.5. The zero-order chi connectivity index (χ0) is 11.7. The van der Waals surface area contributed by atoms with Crippen LogP contribution in [0.2, 0.25) is 0 Å². The lowest BCUT2D eigenvalue weighted by molar-refractivity contribution is 0.140. The highest BCUT2D eigenvalue weighted by molar-refractivity contribution is 5.40. The van der Waals surface area contributed by atoms with Crippen molar-refractivity contribution in [2.24, 2.45) is 5.92 Å². The molecule has 2 aromatic rings. The van der Waals surface area contributed by atoms with Crippen LogP contribution < -0.4 is 0 Å². The second kappa shape index (κ2) is 4.21. The van der Waals surface area contributed by atoms with Gasteiger partial charge in [0.1, 0.15) is 0 Å². The first-order chi connectivity index (χ1) is 8.33. The van der Waals surface area contributed by atoms with Crippen molar-refractivity contribution in [1.29, 1.82) is 0 Å². The van der Waals surface area contributed by atoms with Gasteiger partial charge in [-0.3, -0.25) is 0 Å². The molecule has 2 heterocycles. The van der Waals surface area contributed by atoms with E-state index >= 15 is 0 Å². The van der Waals surface area contributed by atoms with E-state index in [1.54, 1.807) is 18.5 Å². The molecule has 0 bridgehead atoms. The second-order valence-corrected chi connectivity index (χ2v) is 4.19. The third kappa shape index (κ3) is 2.31. The van der Waals surface area contributed by atoms with Crippen LogP contribution in [0, 0.1) is 5.92 Å². The van der Waals surface area contributed by atoms with Crippen LogP contribution in [0.15, 0.2) is 23.0 Å². The van der Waals surface area contributed by atoms with Gasteiger partial charge in [-0.2, -0.15) is 4.98 Å². The maximum atomic E-state index is 9.76. The fourth-order valence-corrected chi connectivity index (χ4v) is 1.67. The quantitative estimate of drug-likeness (QED) is 0.840. The molecule has 1 N–H and O–H groups in total. The maximum Gasteiger partial charge on any atom is 0.240 e. The van der Waals surface area contributed by atoms with Gasteiger partial charge < -0.3 is 9.63 Å². The molecule has 0 saturated heterocycles. The summed E-state index contributed by atoms with van der Waals surface area (Å²) in [5.41, 5.74) is 0. The van der Waals surface area contributed by atoms with Crippen LogP contribution in [-0.4, -0.2) is 31.3 Å². The fraction of sp³-hybridized carbons (Fsp3) is 0.455. The van der Waals surface area contributed by atoms with Gasteiger partial charge in [-0.25, -0.2) is 9.97 Å². The van der Waals surface area contributed by atoms with Gasteiger partial charge in [0, 0.05) is 12.4 Å². The summed E-state index contributed by atoms with van der Waals surface area (Å²) in [7, 11) is 0. The van der Waals surface area contributed by atoms with Gasteiger partial charge in [-0.15, -0.1) is 0 Å². The molecule has 3 rings (SSSR count). The van der Waals surface area contributed by atoms with Gasteiger partial charge in [0.05, 0.1) is 12.5 Å². The minimum Gasteiger partial charge on any atom is -0.392 e. The minimum absolute atomic E-state index is 0.364. The van der Waals surface area contributed by atoms with Crippen molar-refractivity contribution < 1.29 is 9.63 Å². The average Bonchev–Trinajstić information content (AvgIpc) is 3.12. The van der Waals surface area contributed by atoms with Gasteiger partial charge in [-0.05, 0) is 24.8 Å². The molecule has 0 spiro atoms. The van der Waals surface area contributed by atoms with E-state index in [9.17, 15) is 5.11 Å². The monoisotopic (exact) mass is 232 g/mol. The molecule has 6 heteroatoms.